The van der Waals surface area contributed by atoms with Gasteiger partial charge >= 0.3 is 0 Å². The van der Waals surface area contributed by atoms with Crippen LogP contribution in [0.3, 0.4) is 0 Å². The van der Waals surface area contributed by atoms with Crippen LogP contribution in [0.15, 0.2) is 51.8 Å². The fourth-order valence-electron chi connectivity index (χ4n) is 3.75. The molecule has 11 heteroatoms. The van der Waals surface area contributed by atoms with Crippen LogP contribution in [0.4, 0.5) is 10.1 Å². The maximum Gasteiger partial charge on any atom is 0.247 e. The van der Waals surface area contributed by atoms with Crippen LogP contribution in [0.25, 0.3) is 11.5 Å². The van der Waals surface area contributed by atoms with Crippen LogP contribution in [0.1, 0.15) is 31.6 Å². The van der Waals surface area contributed by atoms with Gasteiger partial charge in [-0.2, -0.15) is 4.31 Å². The summed E-state index contributed by atoms with van der Waals surface area (Å²) in [7, 11) is -2.40. The van der Waals surface area contributed by atoms with E-state index in [1.807, 2.05) is 0 Å². The lowest BCUT2D eigenvalue weighted by atomic mass is 10.00. The number of carbonyl (C=O) groups is 1. The van der Waals surface area contributed by atoms with Gasteiger partial charge in [0.05, 0.1) is 23.6 Å². The van der Waals surface area contributed by atoms with Crippen molar-refractivity contribution in [3.63, 3.8) is 0 Å². The van der Waals surface area contributed by atoms with Gasteiger partial charge in [0.1, 0.15) is 11.6 Å². The van der Waals surface area contributed by atoms with Gasteiger partial charge in [-0.15, -0.1) is 10.2 Å². The average molecular weight is 475 g/mol. The number of benzene rings is 2. The maximum atomic E-state index is 13.3. The van der Waals surface area contributed by atoms with Gasteiger partial charge in [-0.05, 0) is 55.3 Å². The van der Waals surface area contributed by atoms with Gasteiger partial charge in [-0.1, -0.05) is 0 Å². The van der Waals surface area contributed by atoms with E-state index in [1.54, 1.807) is 12.1 Å². The molecule has 33 heavy (non-hydrogen) atoms. The molecule has 9 nitrogen and oxygen atoms in total. The summed E-state index contributed by atoms with van der Waals surface area (Å²) in [5.41, 5.74) is 0.861. The molecule has 0 aliphatic carbocycles. The Morgan fingerprint density at radius 1 is 1.21 bits per heavy atom. The number of hydrogen-bond acceptors (Lipinski definition) is 7. The lowest BCUT2D eigenvalue weighted by molar-refractivity contribution is -0.114. The van der Waals surface area contributed by atoms with Gasteiger partial charge < -0.3 is 14.5 Å². The van der Waals surface area contributed by atoms with Crippen molar-refractivity contribution in [2.45, 2.75) is 30.6 Å². The van der Waals surface area contributed by atoms with E-state index in [2.05, 4.69) is 15.5 Å². The molecular weight excluding hydrogens is 451 g/mol. The minimum Gasteiger partial charge on any atom is -0.495 e. The number of anilines is 1. The van der Waals surface area contributed by atoms with Crippen LogP contribution < -0.4 is 10.1 Å². The number of methoxy groups -OCH3 is 1. The molecule has 1 N–H and O–H groups in total. The lowest BCUT2D eigenvalue weighted by Crippen LogP contribution is -2.39. The molecule has 3 aromatic rings. The zero-order chi connectivity index (χ0) is 23.6. The van der Waals surface area contributed by atoms with E-state index in [9.17, 15) is 17.6 Å². The Bertz CT molecular complexity index is 1260. The molecule has 0 unspecified atom stereocenters. The molecule has 2 aromatic carbocycles. The summed E-state index contributed by atoms with van der Waals surface area (Å²) in [6.07, 6.45) is 1.31. The van der Waals surface area contributed by atoms with Gasteiger partial charge in [0, 0.05) is 25.6 Å². The SMILES string of the molecule is COc1ccc(S(=O)(=O)N2CCC[C@H](c3nnc(-c4ccc(F)cc4)o3)C2)cc1NC(C)=O. The smallest absolute Gasteiger partial charge is 0.247 e. The van der Waals surface area contributed by atoms with Crippen molar-refractivity contribution in [3.05, 3.63) is 54.2 Å². The second kappa shape index (κ2) is 9.28. The highest BCUT2D eigenvalue weighted by atomic mass is 32.2. The Morgan fingerprint density at radius 2 is 1.97 bits per heavy atom. The number of nitrogens with one attached hydrogen (secondary N) is 1. The summed E-state index contributed by atoms with van der Waals surface area (Å²) < 4.78 is 52.2. The molecule has 0 radical (unpaired) electrons. The molecule has 0 bridgehead atoms. The number of halogens is 1. The number of piperidine rings is 1. The summed E-state index contributed by atoms with van der Waals surface area (Å²) in [6, 6.07) is 10.0. The van der Waals surface area contributed by atoms with Gasteiger partial charge in [0.2, 0.25) is 27.7 Å². The number of sulfonamides is 1. The minimum absolute atomic E-state index is 0.0465. The minimum atomic E-state index is -3.84. The average Bonchev–Trinajstić information content (AvgIpc) is 3.29. The molecule has 1 amide bonds. The number of rotatable bonds is 6. The fourth-order valence-corrected chi connectivity index (χ4v) is 5.31. The normalized spacial score (nSPS) is 17.0. The van der Waals surface area contributed by atoms with E-state index >= 15 is 0 Å². The van der Waals surface area contributed by atoms with Crippen molar-refractivity contribution >= 4 is 21.6 Å². The van der Waals surface area contributed by atoms with E-state index in [0.29, 0.717) is 36.6 Å². The Balaban J connectivity index is 1.56. The quantitative estimate of drug-likeness (QED) is 0.582. The van der Waals surface area contributed by atoms with Crippen molar-refractivity contribution < 1.29 is 26.8 Å². The van der Waals surface area contributed by atoms with E-state index in [1.165, 1.54) is 48.7 Å². The number of carbonyl (C=O) groups excluding carboxylic acids is 1. The Morgan fingerprint density at radius 3 is 2.67 bits per heavy atom. The zero-order valence-electron chi connectivity index (χ0n) is 18.1. The van der Waals surface area contributed by atoms with Crippen molar-refractivity contribution in [1.82, 2.24) is 14.5 Å². The molecule has 0 saturated carbocycles. The van der Waals surface area contributed by atoms with Crippen molar-refractivity contribution in [3.8, 4) is 17.2 Å². The highest BCUT2D eigenvalue weighted by molar-refractivity contribution is 7.89. The molecule has 1 aliphatic rings. The van der Waals surface area contributed by atoms with Crippen molar-refractivity contribution in [2.24, 2.45) is 0 Å². The summed E-state index contributed by atoms with van der Waals surface area (Å²) in [5.74, 6) is -0.0350. The Hall–Kier alpha value is -3.31. The van der Waals surface area contributed by atoms with Gasteiger partial charge in [-0.25, -0.2) is 12.8 Å². The van der Waals surface area contributed by atoms with Crippen LogP contribution in [-0.4, -0.2) is 49.0 Å². The summed E-state index contributed by atoms with van der Waals surface area (Å²) in [5, 5.41) is 10.7. The maximum absolute atomic E-state index is 13.3. The molecule has 4 rings (SSSR count). The van der Waals surface area contributed by atoms with Gasteiger partial charge in [-0.3, -0.25) is 4.79 Å². The molecule has 2 heterocycles. The molecule has 1 aromatic heterocycles. The van der Waals surface area contributed by atoms with Gasteiger partial charge in [0.25, 0.3) is 0 Å². The number of aromatic nitrogens is 2. The number of ether oxygens (including phenoxy) is 1. The topological polar surface area (TPSA) is 115 Å². The first kappa shape index (κ1) is 22.9. The highest BCUT2D eigenvalue weighted by Crippen LogP contribution is 2.33. The van der Waals surface area contributed by atoms with Crippen LogP contribution in [0.2, 0.25) is 0 Å². The second-order valence-corrected chi connectivity index (χ2v) is 9.64. The molecule has 174 valence electrons. The molecule has 1 saturated heterocycles. The lowest BCUT2D eigenvalue weighted by Gasteiger charge is -2.30. The summed E-state index contributed by atoms with van der Waals surface area (Å²) in [4.78, 5) is 11.5. The third kappa shape index (κ3) is 4.88. The van der Waals surface area contributed by atoms with E-state index in [-0.39, 0.29) is 40.7 Å². The molecule has 1 atom stereocenters. The van der Waals surface area contributed by atoms with Crippen LogP contribution in [0, 0.1) is 5.82 Å². The third-order valence-corrected chi connectivity index (χ3v) is 7.25. The Labute approximate surface area is 190 Å². The monoisotopic (exact) mass is 474 g/mol. The molecular formula is C22H23FN4O5S. The molecule has 1 aliphatic heterocycles. The standard InChI is InChI=1S/C22H23FN4O5S/c1-14(28)24-19-12-18(9-10-20(19)31-2)33(29,30)27-11-3-4-16(13-27)22-26-25-21(32-22)15-5-7-17(23)8-6-15/h5-10,12,16H,3-4,11,13H2,1-2H3,(H,24,28)/t16-/m0/s1. The third-order valence-electron chi connectivity index (χ3n) is 5.38. The predicted molar refractivity (Wildman–Crippen MR) is 118 cm³/mol. The second-order valence-electron chi connectivity index (χ2n) is 7.70. The van der Waals surface area contributed by atoms with Crippen molar-refractivity contribution in [2.75, 3.05) is 25.5 Å². The highest BCUT2D eigenvalue weighted by Gasteiger charge is 2.33. The van der Waals surface area contributed by atoms with Crippen LogP contribution in [0.5, 0.6) is 5.75 Å². The largest absolute Gasteiger partial charge is 0.495 e. The summed E-state index contributed by atoms with van der Waals surface area (Å²) >= 11 is 0. The predicted octanol–water partition coefficient (Wildman–Crippen LogP) is 3.41. The molecule has 0 spiro atoms. The fraction of sp³-hybridized carbons (Fsp3) is 0.318. The number of amides is 1. The van der Waals surface area contributed by atoms with E-state index < -0.39 is 10.0 Å². The Kier molecular flexibility index (Phi) is 6.43. The van der Waals surface area contributed by atoms with Crippen LogP contribution >= 0.6 is 0 Å². The first-order valence-corrected chi connectivity index (χ1v) is 11.8. The van der Waals surface area contributed by atoms with E-state index in [0.717, 1.165) is 0 Å². The van der Waals surface area contributed by atoms with Crippen molar-refractivity contribution in [1.29, 1.82) is 0 Å². The first-order chi connectivity index (χ1) is 15.8. The van der Waals surface area contributed by atoms with Gasteiger partial charge in [0.15, 0.2) is 0 Å². The first-order valence-electron chi connectivity index (χ1n) is 10.3. The zero-order valence-corrected chi connectivity index (χ0v) is 18.9. The van der Waals surface area contributed by atoms with Crippen LogP contribution in [-0.2, 0) is 14.8 Å². The molecule has 1 fully saturated rings. The summed E-state index contributed by atoms with van der Waals surface area (Å²) in [6.45, 7) is 1.86. The number of nitrogens with zero attached hydrogens (tertiary/aromatic N) is 3. The van der Waals surface area contributed by atoms with E-state index in [4.69, 9.17) is 9.15 Å². The number of hydrogen-bond donors (Lipinski definition) is 1.